The van der Waals surface area contributed by atoms with Gasteiger partial charge in [0.05, 0.1) is 11.2 Å². The number of hydrogen-bond acceptors (Lipinski definition) is 5. The van der Waals surface area contributed by atoms with Gasteiger partial charge in [-0.05, 0) is 85.4 Å². The van der Waals surface area contributed by atoms with Crippen LogP contribution >= 0.6 is 0 Å². The Balaban J connectivity index is 1.79. The average molecular weight is 448 g/mol. The van der Waals surface area contributed by atoms with Crippen LogP contribution in [0.2, 0.25) is 6.32 Å². The number of carbonyl (C=O) groups excluding carboxylic acids is 3. The van der Waals surface area contributed by atoms with Crippen molar-refractivity contribution in [2.24, 2.45) is 17.8 Å². The molecule has 4 atom stereocenters. The Bertz CT molecular complexity index is 759. The zero-order valence-corrected chi connectivity index (χ0v) is 21.1. The van der Waals surface area contributed by atoms with Crippen molar-refractivity contribution >= 4 is 24.7 Å². The molecule has 2 saturated carbocycles. The normalized spacial score (nSPS) is 33.3. The molecular weight excluding hydrogens is 407 g/mol. The Hall–Kier alpha value is -1.41. The van der Waals surface area contributed by atoms with Crippen LogP contribution in [0, 0.1) is 17.8 Å². The standard InChI is InChI=1S/C24H41BN2O5/c1-15(28)26-24(20(30)27-21(2,3)4)14-16-12-17(29)13-18(16)19(24)10-9-11-25-31-22(5,6)23(7,8)32-25/h16,18-19H,9-14H2,1-8H3,(H,26,28)(H,27,30)/t16-,18-,19+,24+/m1/s1. The van der Waals surface area contributed by atoms with Gasteiger partial charge in [0.15, 0.2) is 0 Å². The highest BCUT2D eigenvalue weighted by Crippen LogP contribution is 2.53. The number of nitrogens with one attached hydrogen (secondary N) is 2. The van der Waals surface area contributed by atoms with Gasteiger partial charge >= 0.3 is 7.12 Å². The summed E-state index contributed by atoms with van der Waals surface area (Å²) >= 11 is 0. The number of hydrogen-bond donors (Lipinski definition) is 2. The van der Waals surface area contributed by atoms with Crippen molar-refractivity contribution in [1.82, 2.24) is 10.6 Å². The average Bonchev–Trinajstić information content (AvgIpc) is 3.13. The van der Waals surface area contributed by atoms with E-state index in [1.807, 2.05) is 48.5 Å². The molecule has 0 aromatic heterocycles. The SMILES string of the molecule is CC(=O)N[C@@]1(C(=O)NC(C)(C)C)C[C@H]2CC(=O)C[C@H]2[C@@H]1CCCB1OC(C)(C)C(C)(C)O1. The van der Waals surface area contributed by atoms with E-state index in [0.29, 0.717) is 25.6 Å². The van der Waals surface area contributed by atoms with Gasteiger partial charge in [-0.25, -0.2) is 0 Å². The molecule has 3 rings (SSSR count). The Labute approximate surface area is 193 Å². The van der Waals surface area contributed by atoms with Gasteiger partial charge in [0.1, 0.15) is 11.3 Å². The molecule has 3 aliphatic rings. The quantitative estimate of drug-likeness (QED) is 0.609. The maximum Gasteiger partial charge on any atom is 0.457 e. The highest BCUT2D eigenvalue weighted by atomic mass is 16.7. The van der Waals surface area contributed by atoms with E-state index in [1.165, 1.54) is 6.92 Å². The molecule has 7 nitrogen and oxygen atoms in total. The first-order valence-electron chi connectivity index (χ1n) is 12.0. The molecular formula is C24H41BN2O5. The van der Waals surface area contributed by atoms with E-state index in [4.69, 9.17) is 9.31 Å². The van der Waals surface area contributed by atoms with E-state index in [9.17, 15) is 14.4 Å². The fourth-order valence-electron chi connectivity index (χ4n) is 5.86. The molecule has 32 heavy (non-hydrogen) atoms. The highest BCUT2D eigenvalue weighted by Gasteiger charge is 2.60. The summed E-state index contributed by atoms with van der Waals surface area (Å²) in [4.78, 5) is 38.0. The summed E-state index contributed by atoms with van der Waals surface area (Å²) in [5.41, 5.74) is -2.14. The van der Waals surface area contributed by atoms with Gasteiger partial charge in [-0.15, -0.1) is 0 Å². The molecule has 0 spiro atoms. The minimum atomic E-state index is -0.981. The van der Waals surface area contributed by atoms with Crippen molar-refractivity contribution in [2.45, 2.75) is 116 Å². The van der Waals surface area contributed by atoms with Gasteiger partial charge in [-0.3, -0.25) is 14.4 Å². The molecule has 180 valence electrons. The Kier molecular flexibility index (Phi) is 6.64. The van der Waals surface area contributed by atoms with Crippen LogP contribution in [0.1, 0.15) is 87.5 Å². The van der Waals surface area contributed by atoms with E-state index in [0.717, 1.165) is 12.8 Å². The predicted molar refractivity (Wildman–Crippen MR) is 124 cm³/mol. The van der Waals surface area contributed by atoms with Crippen LogP contribution in [0.25, 0.3) is 0 Å². The van der Waals surface area contributed by atoms with Crippen LogP contribution in [0.15, 0.2) is 0 Å². The molecule has 0 bridgehead atoms. The minimum absolute atomic E-state index is 0.0902. The zero-order chi connectivity index (χ0) is 24.1. The molecule has 1 aliphatic heterocycles. The maximum atomic E-state index is 13.6. The molecule has 8 heteroatoms. The minimum Gasteiger partial charge on any atom is -0.403 e. The van der Waals surface area contributed by atoms with Crippen molar-refractivity contribution in [3.63, 3.8) is 0 Å². The Morgan fingerprint density at radius 1 is 1.09 bits per heavy atom. The predicted octanol–water partition coefficient (Wildman–Crippen LogP) is 3.26. The highest BCUT2D eigenvalue weighted by molar-refractivity contribution is 6.45. The largest absolute Gasteiger partial charge is 0.457 e. The van der Waals surface area contributed by atoms with Crippen LogP contribution in [0.3, 0.4) is 0 Å². The molecule has 2 aliphatic carbocycles. The third-order valence-electron chi connectivity index (χ3n) is 7.84. The molecule has 0 radical (unpaired) electrons. The summed E-state index contributed by atoms with van der Waals surface area (Å²) in [7, 11) is -0.291. The van der Waals surface area contributed by atoms with Crippen molar-refractivity contribution in [2.75, 3.05) is 0 Å². The van der Waals surface area contributed by atoms with Crippen molar-refractivity contribution in [1.29, 1.82) is 0 Å². The summed E-state index contributed by atoms with van der Waals surface area (Å²) in [6.07, 6.45) is 3.76. The lowest BCUT2D eigenvalue weighted by Gasteiger charge is -2.39. The number of carbonyl (C=O) groups is 3. The number of fused-ring (bicyclic) bond motifs is 1. The van der Waals surface area contributed by atoms with Crippen molar-refractivity contribution in [3.8, 4) is 0 Å². The molecule has 1 heterocycles. The maximum absolute atomic E-state index is 13.6. The van der Waals surface area contributed by atoms with Gasteiger partial charge in [-0.1, -0.05) is 6.42 Å². The number of amides is 2. The smallest absolute Gasteiger partial charge is 0.403 e. The van der Waals surface area contributed by atoms with Gasteiger partial charge in [0.25, 0.3) is 0 Å². The van der Waals surface area contributed by atoms with Gasteiger partial charge in [-0.2, -0.15) is 0 Å². The lowest BCUT2D eigenvalue weighted by molar-refractivity contribution is -0.136. The van der Waals surface area contributed by atoms with Crippen LogP contribution in [0.4, 0.5) is 0 Å². The van der Waals surface area contributed by atoms with Crippen LogP contribution in [0.5, 0.6) is 0 Å². The number of ketones is 1. The fourth-order valence-corrected chi connectivity index (χ4v) is 5.86. The van der Waals surface area contributed by atoms with Gasteiger partial charge in [0, 0.05) is 25.3 Å². The van der Waals surface area contributed by atoms with Crippen molar-refractivity contribution < 1.29 is 23.7 Å². The van der Waals surface area contributed by atoms with Crippen molar-refractivity contribution in [3.05, 3.63) is 0 Å². The summed E-state index contributed by atoms with van der Waals surface area (Å²) in [6.45, 7) is 15.5. The third kappa shape index (κ3) is 4.91. The number of Topliss-reactive ketones (excluding diaryl/α,β-unsaturated/α-hetero) is 1. The van der Waals surface area contributed by atoms with E-state index >= 15 is 0 Å². The Morgan fingerprint density at radius 3 is 2.22 bits per heavy atom. The second-order valence-electron chi connectivity index (χ2n) is 12.2. The Morgan fingerprint density at radius 2 is 1.69 bits per heavy atom. The molecule has 2 amide bonds. The molecule has 1 saturated heterocycles. The first-order chi connectivity index (χ1) is 14.6. The molecule has 0 aromatic rings. The zero-order valence-electron chi connectivity index (χ0n) is 21.1. The second-order valence-corrected chi connectivity index (χ2v) is 12.2. The van der Waals surface area contributed by atoms with Crippen LogP contribution in [-0.4, -0.2) is 47.0 Å². The van der Waals surface area contributed by atoms with E-state index < -0.39 is 11.1 Å². The van der Waals surface area contributed by atoms with Gasteiger partial charge in [0.2, 0.25) is 11.8 Å². The van der Waals surface area contributed by atoms with Crippen LogP contribution < -0.4 is 10.6 Å². The summed E-state index contributed by atoms with van der Waals surface area (Å²) in [5.74, 6) is 0.0931. The van der Waals surface area contributed by atoms with Gasteiger partial charge < -0.3 is 19.9 Å². The van der Waals surface area contributed by atoms with E-state index in [-0.39, 0.29) is 53.7 Å². The lowest BCUT2D eigenvalue weighted by atomic mass is 9.74. The van der Waals surface area contributed by atoms with Crippen LogP contribution in [-0.2, 0) is 23.7 Å². The third-order valence-corrected chi connectivity index (χ3v) is 7.84. The topological polar surface area (TPSA) is 93.7 Å². The lowest BCUT2D eigenvalue weighted by Crippen LogP contribution is -2.64. The fraction of sp³-hybridized carbons (Fsp3) is 0.875. The second kappa shape index (κ2) is 8.42. The first-order valence-corrected chi connectivity index (χ1v) is 12.0. The summed E-state index contributed by atoms with van der Waals surface area (Å²) in [5, 5.41) is 6.15. The van der Waals surface area contributed by atoms with E-state index in [2.05, 4.69) is 10.6 Å². The van der Waals surface area contributed by atoms with E-state index in [1.54, 1.807) is 0 Å². The molecule has 3 fully saturated rings. The molecule has 0 unspecified atom stereocenters. The summed E-state index contributed by atoms with van der Waals surface area (Å²) in [6, 6.07) is 0. The molecule has 0 aromatic carbocycles. The number of rotatable bonds is 6. The molecule has 2 N–H and O–H groups in total. The summed E-state index contributed by atoms with van der Waals surface area (Å²) < 4.78 is 12.3. The monoisotopic (exact) mass is 448 g/mol. The first kappa shape index (κ1) is 25.2.